The second-order valence-electron chi connectivity index (χ2n) is 2.86. The van der Waals surface area contributed by atoms with Crippen LogP contribution in [-0.4, -0.2) is 38.3 Å². The minimum atomic E-state index is -3.35. The molecule has 4 N–H and O–H groups in total. The molecule has 0 saturated carbocycles. The smallest absolute Gasteiger partial charge is 0.217 e. The van der Waals surface area contributed by atoms with Gasteiger partial charge >= 0.3 is 0 Å². The van der Waals surface area contributed by atoms with Crippen LogP contribution in [0.25, 0.3) is 0 Å². The van der Waals surface area contributed by atoms with Crippen LogP contribution in [0.15, 0.2) is 0 Å². The number of unbranched alkanes of at least 4 members (excludes halogenated alkanes) is 1. The SMILES string of the molecule is NC(=O)CCCCNS(=O)(=O)CCO. The van der Waals surface area contributed by atoms with E-state index in [0.29, 0.717) is 12.8 Å². The zero-order valence-corrected chi connectivity index (χ0v) is 8.72. The Morgan fingerprint density at radius 3 is 2.50 bits per heavy atom. The molecule has 0 bridgehead atoms. The molecule has 0 rings (SSSR count). The molecular weight excluding hydrogens is 208 g/mol. The number of aliphatic hydroxyl groups is 1. The Kier molecular flexibility index (Phi) is 6.43. The van der Waals surface area contributed by atoms with Gasteiger partial charge in [-0.05, 0) is 12.8 Å². The Hall–Kier alpha value is -0.660. The molecule has 14 heavy (non-hydrogen) atoms. The molecule has 1 amide bonds. The van der Waals surface area contributed by atoms with Crippen molar-refractivity contribution < 1.29 is 18.3 Å². The number of nitrogens with one attached hydrogen (secondary N) is 1. The zero-order valence-electron chi connectivity index (χ0n) is 7.90. The van der Waals surface area contributed by atoms with Crippen molar-refractivity contribution in [3.63, 3.8) is 0 Å². The maximum atomic E-state index is 11.0. The van der Waals surface area contributed by atoms with E-state index in [-0.39, 0.29) is 24.6 Å². The summed E-state index contributed by atoms with van der Waals surface area (Å²) in [5, 5.41) is 8.40. The van der Waals surface area contributed by atoms with Gasteiger partial charge < -0.3 is 10.8 Å². The first-order chi connectivity index (χ1) is 6.48. The maximum Gasteiger partial charge on any atom is 0.217 e. The first-order valence-corrected chi connectivity index (χ1v) is 5.99. The third-order valence-corrected chi connectivity index (χ3v) is 2.90. The molecule has 0 spiro atoms. The van der Waals surface area contributed by atoms with Crippen LogP contribution in [0.3, 0.4) is 0 Å². The van der Waals surface area contributed by atoms with E-state index in [2.05, 4.69) is 4.72 Å². The van der Waals surface area contributed by atoms with Crippen LogP contribution >= 0.6 is 0 Å². The Morgan fingerprint density at radius 2 is 2.00 bits per heavy atom. The number of rotatable bonds is 8. The predicted octanol–water partition coefficient (Wildman–Crippen LogP) is -1.45. The highest BCUT2D eigenvalue weighted by Crippen LogP contribution is 1.93. The molecule has 0 aromatic carbocycles. The van der Waals surface area contributed by atoms with Crippen LogP contribution in [0.4, 0.5) is 0 Å². The molecule has 0 aromatic rings. The third-order valence-electron chi connectivity index (χ3n) is 1.53. The van der Waals surface area contributed by atoms with Crippen molar-refractivity contribution in [3.05, 3.63) is 0 Å². The minimum Gasteiger partial charge on any atom is -0.395 e. The molecule has 6 nitrogen and oxygen atoms in total. The lowest BCUT2D eigenvalue weighted by molar-refractivity contribution is -0.118. The lowest BCUT2D eigenvalue weighted by Crippen LogP contribution is -2.28. The Morgan fingerprint density at radius 1 is 1.36 bits per heavy atom. The Balaban J connectivity index is 3.49. The molecule has 0 aliphatic heterocycles. The molecule has 0 aliphatic rings. The van der Waals surface area contributed by atoms with Gasteiger partial charge in [-0.25, -0.2) is 13.1 Å². The number of sulfonamides is 1. The highest BCUT2D eigenvalue weighted by Gasteiger charge is 2.07. The quantitative estimate of drug-likeness (QED) is 0.438. The summed E-state index contributed by atoms with van der Waals surface area (Å²) in [4.78, 5) is 10.3. The lowest BCUT2D eigenvalue weighted by Gasteiger charge is -2.03. The fourth-order valence-electron chi connectivity index (χ4n) is 0.844. The highest BCUT2D eigenvalue weighted by molar-refractivity contribution is 7.89. The summed E-state index contributed by atoms with van der Waals surface area (Å²) in [7, 11) is -3.35. The van der Waals surface area contributed by atoms with E-state index < -0.39 is 16.6 Å². The van der Waals surface area contributed by atoms with Crippen molar-refractivity contribution in [1.29, 1.82) is 0 Å². The van der Waals surface area contributed by atoms with E-state index in [9.17, 15) is 13.2 Å². The predicted molar refractivity (Wildman–Crippen MR) is 51.9 cm³/mol. The standard InChI is InChI=1S/C7H16N2O4S/c8-7(11)3-1-2-4-9-14(12,13)6-5-10/h9-10H,1-6H2,(H2,8,11). The number of aliphatic hydroxyl groups excluding tert-OH is 1. The summed E-state index contributed by atoms with van der Waals surface area (Å²) in [6.07, 6.45) is 1.40. The number of carbonyl (C=O) groups is 1. The fourth-order valence-corrected chi connectivity index (χ4v) is 1.68. The Bertz CT molecular complexity index is 263. The van der Waals surface area contributed by atoms with E-state index >= 15 is 0 Å². The normalized spacial score (nSPS) is 11.5. The molecular formula is C7H16N2O4S. The summed E-state index contributed by atoms with van der Waals surface area (Å²) in [5.74, 6) is -0.675. The molecule has 0 aromatic heterocycles. The number of hydrogen-bond donors (Lipinski definition) is 3. The van der Waals surface area contributed by atoms with Crippen LogP contribution in [0.2, 0.25) is 0 Å². The van der Waals surface area contributed by atoms with Gasteiger partial charge in [0.05, 0.1) is 12.4 Å². The average Bonchev–Trinajstić information content (AvgIpc) is 2.02. The molecule has 0 aliphatic carbocycles. The van der Waals surface area contributed by atoms with Crippen molar-refractivity contribution in [2.75, 3.05) is 18.9 Å². The number of primary amides is 1. The number of amides is 1. The summed E-state index contributed by atoms with van der Waals surface area (Å²) >= 11 is 0. The first-order valence-electron chi connectivity index (χ1n) is 4.34. The van der Waals surface area contributed by atoms with Crippen molar-refractivity contribution in [1.82, 2.24) is 4.72 Å². The van der Waals surface area contributed by atoms with Crippen LogP contribution in [-0.2, 0) is 14.8 Å². The fraction of sp³-hybridized carbons (Fsp3) is 0.857. The van der Waals surface area contributed by atoms with Gasteiger partial charge in [-0.15, -0.1) is 0 Å². The summed E-state index contributed by atoms with van der Waals surface area (Å²) in [5.41, 5.74) is 4.90. The van der Waals surface area contributed by atoms with E-state index in [1.165, 1.54) is 0 Å². The van der Waals surface area contributed by atoms with Gasteiger partial charge in [0.15, 0.2) is 0 Å². The monoisotopic (exact) mass is 224 g/mol. The second kappa shape index (κ2) is 6.74. The Labute approximate surface area is 83.5 Å². The minimum absolute atomic E-state index is 0.266. The zero-order chi connectivity index (χ0) is 11.0. The van der Waals surface area contributed by atoms with Crippen molar-refractivity contribution in [2.45, 2.75) is 19.3 Å². The topological polar surface area (TPSA) is 109 Å². The van der Waals surface area contributed by atoms with E-state index in [0.717, 1.165) is 0 Å². The molecule has 0 fully saturated rings. The molecule has 7 heteroatoms. The van der Waals surface area contributed by atoms with Crippen LogP contribution in [0.5, 0.6) is 0 Å². The summed E-state index contributed by atoms with van der Waals surface area (Å²) < 4.78 is 24.2. The van der Waals surface area contributed by atoms with Gasteiger partial charge in [-0.3, -0.25) is 4.79 Å². The van der Waals surface area contributed by atoms with Gasteiger partial charge in [0, 0.05) is 13.0 Å². The van der Waals surface area contributed by atoms with Crippen molar-refractivity contribution in [3.8, 4) is 0 Å². The number of carbonyl (C=O) groups excluding carboxylic acids is 1. The largest absolute Gasteiger partial charge is 0.395 e. The van der Waals surface area contributed by atoms with Crippen molar-refractivity contribution >= 4 is 15.9 Å². The summed E-state index contributed by atoms with van der Waals surface area (Å²) in [6, 6.07) is 0. The van der Waals surface area contributed by atoms with Gasteiger partial charge in [0.2, 0.25) is 15.9 Å². The van der Waals surface area contributed by atoms with E-state index in [1.54, 1.807) is 0 Å². The average molecular weight is 224 g/mol. The van der Waals surface area contributed by atoms with Gasteiger partial charge in [0.1, 0.15) is 0 Å². The highest BCUT2D eigenvalue weighted by atomic mass is 32.2. The van der Waals surface area contributed by atoms with E-state index in [1.807, 2.05) is 0 Å². The number of hydrogen-bond acceptors (Lipinski definition) is 4. The molecule has 0 atom stereocenters. The first kappa shape index (κ1) is 13.3. The maximum absolute atomic E-state index is 11.0. The molecule has 84 valence electrons. The van der Waals surface area contributed by atoms with Crippen LogP contribution in [0, 0.1) is 0 Å². The molecule has 0 saturated heterocycles. The number of nitrogens with two attached hydrogens (primary N) is 1. The van der Waals surface area contributed by atoms with E-state index in [4.69, 9.17) is 10.8 Å². The second-order valence-corrected chi connectivity index (χ2v) is 4.79. The van der Waals surface area contributed by atoms with Crippen LogP contribution in [0.1, 0.15) is 19.3 Å². The van der Waals surface area contributed by atoms with Crippen LogP contribution < -0.4 is 10.5 Å². The molecule has 0 unspecified atom stereocenters. The summed E-state index contributed by atoms with van der Waals surface area (Å²) in [6.45, 7) is -0.119. The van der Waals surface area contributed by atoms with Gasteiger partial charge in [-0.2, -0.15) is 0 Å². The van der Waals surface area contributed by atoms with Crippen molar-refractivity contribution in [2.24, 2.45) is 5.73 Å². The van der Waals surface area contributed by atoms with Gasteiger partial charge in [-0.1, -0.05) is 0 Å². The lowest BCUT2D eigenvalue weighted by atomic mass is 10.2. The van der Waals surface area contributed by atoms with Gasteiger partial charge in [0.25, 0.3) is 0 Å². The third kappa shape index (κ3) is 7.96. The molecule has 0 radical (unpaired) electrons. The molecule has 0 heterocycles.